The van der Waals surface area contributed by atoms with E-state index in [-0.39, 0.29) is 5.75 Å². The van der Waals surface area contributed by atoms with Gasteiger partial charge in [0.05, 0.1) is 12.7 Å². The van der Waals surface area contributed by atoms with Crippen molar-refractivity contribution in [1.29, 1.82) is 0 Å². The van der Waals surface area contributed by atoms with E-state index in [1.54, 1.807) is 0 Å². The average Bonchev–Trinajstić information content (AvgIpc) is 2.28. The van der Waals surface area contributed by atoms with Gasteiger partial charge in [-0.3, -0.25) is 0 Å². The summed E-state index contributed by atoms with van der Waals surface area (Å²) >= 11 is 0. The lowest BCUT2D eigenvalue weighted by molar-refractivity contribution is -0.156. The standard InChI is InChI=1S/C12H12F4O3/c1-11(2,10(17)18-3)19-7-4-5-9(13)8(6-7)12(14,15)16/h4-6H,1-3H3. The Kier molecular flexibility index (Phi) is 4.07. The van der Waals surface area contributed by atoms with Crippen molar-refractivity contribution in [3.8, 4) is 5.75 Å². The fraction of sp³-hybridized carbons (Fsp3) is 0.417. The predicted octanol–water partition coefficient (Wildman–Crippen LogP) is 3.17. The zero-order valence-electron chi connectivity index (χ0n) is 10.5. The van der Waals surface area contributed by atoms with Crippen LogP contribution in [0.25, 0.3) is 0 Å². The number of halogens is 4. The molecule has 19 heavy (non-hydrogen) atoms. The van der Waals surface area contributed by atoms with E-state index < -0.39 is 29.1 Å². The quantitative estimate of drug-likeness (QED) is 0.630. The van der Waals surface area contributed by atoms with Crippen molar-refractivity contribution >= 4 is 5.97 Å². The summed E-state index contributed by atoms with van der Waals surface area (Å²) in [7, 11) is 1.12. The van der Waals surface area contributed by atoms with Crippen molar-refractivity contribution < 1.29 is 31.8 Å². The first-order valence-corrected chi connectivity index (χ1v) is 5.22. The van der Waals surface area contributed by atoms with E-state index in [4.69, 9.17) is 4.74 Å². The fourth-order valence-corrected chi connectivity index (χ4v) is 1.37. The molecule has 1 aromatic rings. The molecule has 0 radical (unpaired) electrons. The minimum atomic E-state index is -4.83. The van der Waals surface area contributed by atoms with Crippen LogP contribution in [0.2, 0.25) is 0 Å². The van der Waals surface area contributed by atoms with Gasteiger partial charge < -0.3 is 9.47 Å². The van der Waals surface area contributed by atoms with Crippen LogP contribution in [-0.4, -0.2) is 18.7 Å². The maximum atomic E-state index is 13.1. The van der Waals surface area contributed by atoms with Gasteiger partial charge >= 0.3 is 12.1 Å². The van der Waals surface area contributed by atoms with Crippen LogP contribution >= 0.6 is 0 Å². The van der Waals surface area contributed by atoms with Crippen molar-refractivity contribution in [3.63, 3.8) is 0 Å². The smallest absolute Gasteiger partial charge is 0.419 e. The number of carbonyl (C=O) groups is 1. The third kappa shape index (κ3) is 3.59. The lowest BCUT2D eigenvalue weighted by Crippen LogP contribution is -2.39. The molecule has 0 unspecified atom stereocenters. The summed E-state index contributed by atoms with van der Waals surface area (Å²) in [6.07, 6.45) is -4.83. The maximum Gasteiger partial charge on any atom is 0.419 e. The monoisotopic (exact) mass is 280 g/mol. The average molecular weight is 280 g/mol. The van der Waals surface area contributed by atoms with Crippen LogP contribution in [0.4, 0.5) is 17.6 Å². The van der Waals surface area contributed by atoms with Gasteiger partial charge in [-0.2, -0.15) is 13.2 Å². The molecular weight excluding hydrogens is 268 g/mol. The molecular formula is C12H12F4O3. The van der Waals surface area contributed by atoms with Crippen molar-refractivity contribution in [2.75, 3.05) is 7.11 Å². The first kappa shape index (κ1) is 15.3. The summed E-state index contributed by atoms with van der Waals surface area (Å²) < 4.78 is 60.1. The van der Waals surface area contributed by atoms with Gasteiger partial charge in [0.1, 0.15) is 11.6 Å². The summed E-state index contributed by atoms with van der Waals surface area (Å²) in [5.41, 5.74) is -2.93. The normalized spacial score (nSPS) is 12.2. The van der Waals surface area contributed by atoms with Gasteiger partial charge in [-0.15, -0.1) is 0 Å². The lowest BCUT2D eigenvalue weighted by Gasteiger charge is -2.23. The molecule has 0 saturated heterocycles. The maximum absolute atomic E-state index is 13.1. The summed E-state index contributed by atoms with van der Waals surface area (Å²) in [6.45, 7) is 2.66. The van der Waals surface area contributed by atoms with Crippen molar-refractivity contribution in [2.45, 2.75) is 25.6 Å². The first-order valence-electron chi connectivity index (χ1n) is 5.22. The molecule has 0 aromatic heterocycles. The van der Waals surface area contributed by atoms with Crippen molar-refractivity contribution in [2.24, 2.45) is 0 Å². The van der Waals surface area contributed by atoms with Gasteiger partial charge in [-0.05, 0) is 32.0 Å². The summed E-state index contributed by atoms with van der Waals surface area (Å²) in [4.78, 5) is 11.3. The van der Waals surface area contributed by atoms with Gasteiger partial charge in [-0.25, -0.2) is 9.18 Å². The molecule has 7 heteroatoms. The Morgan fingerprint density at radius 1 is 1.21 bits per heavy atom. The lowest BCUT2D eigenvalue weighted by atomic mass is 10.1. The van der Waals surface area contributed by atoms with E-state index in [0.717, 1.165) is 13.2 Å². The molecule has 1 aromatic carbocycles. The number of methoxy groups -OCH3 is 1. The highest BCUT2D eigenvalue weighted by atomic mass is 19.4. The fourth-order valence-electron chi connectivity index (χ4n) is 1.37. The Morgan fingerprint density at radius 2 is 1.79 bits per heavy atom. The van der Waals surface area contributed by atoms with E-state index in [0.29, 0.717) is 12.1 Å². The van der Waals surface area contributed by atoms with Crippen LogP contribution in [0.1, 0.15) is 19.4 Å². The van der Waals surface area contributed by atoms with Crippen LogP contribution in [0.5, 0.6) is 5.75 Å². The Hall–Kier alpha value is -1.79. The molecule has 0 aliphatic rings. The van der Waals surface area contributed by atoms with Gasteiger partial charge in [0.25, 0.3) is 0 Å². The molecule has 3 nitrogen and oxygen atoms in total. The largest absolute Gasteiger partial charge is 0.476 e. The highest BCUT2D eigenvalue weighted by Gasteiger charge is 2.36. The molecule has 0 amide bonds. The molecule has 0 saturated carbocycles. The number of esters is 1. The number of carbonyl (C=O) groups excluding carboxylic acids is 1. The van der Waals surface area contributed by atoms with E-state index in [2.05, 4.69) is 4.74 Å². The molecule has 0 bridgehead atoms. The SMILES string of the molecule is COC(=O)C(C)(C)Oc1ccc(F)c(C(F)(F)F)c1. The Balaban J connectivity index is 3.08. The third-order valence-corrected chi connectivity index (χ3v) is 2.29. The minimum Gasteiger partial charge on any atom is -0.476 e. The third-order valence-electron chi connectivity index (χ3n) is 2.29. The predicted molar refractivity (Wildman–Crippen MR) is 58.1 cm³/mol. The zero-order chi connectivity index (χ0) is 14.8. The van der Waals surface area contributed by atoms with Crippen molar-refractivity contribution in [3.05, 3.63) is 29.6 Å². The zero-order valence-corrected chi connectivity index (χ0v) is 10.5. The molecule has 0 atom stereocenters. The van der Waals surface area contributed by atoms with Gasteiger partial charge in [0, 0.05) is 0 Å². The number of rotatable bonds is 3. The molecule has 0 heterocycles. The van der Waals surface area contributed by atoms with Crippen LogP contribution in [0.15, 0.2) is 18.2 Å². The number of benzene rings is 1. The van der Waals surface area contributed by atoms with Gasteiger partial charge in [-0.1, -0.05) is 0 Å². The van der Waals surface area contributed by atoms with Crippen molar-refractivity contribution in [1.82, 2.24) is 0 Å². The summed E-state index contributed by atoms with van der Waals surface area (Å²) in [5, 5.41) is 0. The molecule has 0 aliphatic carbocycles. The Bertz CT molecular complexity index is 480. The molecule has 106 valence electrons. The topological polar surface area (TPSA) is 35.5 Å². The Labute approximate surface area is 107 Å². The number of alkyl halides is 3. The Morgan fingerprint density at radius 3 is 2.26 bits per heavy atom. The van der Waals surface area contributed by atoms with E-state index in [9.17, 15) is 22.4 Å². The number of hydrogen-bond acceptors (Lipinski definition) is 3. The molecule has 0 fully saturated rings. The van der Waals surface area contributed by atoms with E-state index in [1.165, 1.54) is 13.8 Å². The second-order valence-corrected chi connectivity index (χ2v) is 4.24. The summed E-state index contributed by atoms with van der Waals surface area (Å²) in [5.74, 6) is -2.44. The highest BCUT2D eigenvalue weighted by molar-refractivity contribution is 5.78. The second kappa shape index (κ2) is 5.07. The van der Waals surface area contributed by atoms with Gasteiger partial charge in [0.2, 0.25) is 0 Å². The van der Waals surface area contributed by atoms with Gasteiger partial charge in [0.15, 0.2) is 5.60 Å². The van der Waals surface area contributed by atoms with Crippen LogP contribution in [0.3, 0.4) is 0 Å². The van der Waals surface area contributed by atoms with Crippen LogP contribution in [-0.2, 0) is 15.7 Å². The summed E-state index contributed by atoms with van der Waals surface area (Å²) in [6, 6.07) is 2.14. The molecule has 0 spiro atoms. The van der Waals surface area contributed by atoms with Crippen LogP contribution < -0.4 is 4.74 Å². The molecule has 0 aliphatic heterocycles. The number of hydrogen-bond donors (Lipinski definition) is 0. The molecule has 1 rings (SSSR count). The molecule has 0 N–H and O–H groups in total. The van der Waals surface area contributed by atoms with Crippen LogP contribution in [0, 0.1) is 5.82 Å². The number of ether oxygens (including phenoxy) is 2. The second-order valence-electron chi connectivity index (χ2n) is 4.24. The first-order chi connectivity index (χ1) is 8.58. The van der Waals surface area contributed by atoms with E-state index >= 15 is 0 Å². The highest BCUT2D eigenvalue weighted by Crippen LogP contribution is 2.34. The van der Waals surface area contributed by atoms with E-state index in [1.807, 2.05) is 0 Å². The minimum absolute atomic E-state index is 0.274.